The van der Waals surface area contributed by atoms with Gasteiger partial charge < -0.3 is 28.6 Å². The van der Waals surface area contributed by atoms with Gasteiger partial charge in [0.15, 0.2) is 5.58 Å². The molecule has 10 heteroatoms. The maximum absolute atomic E-state index is 13.6. The smallest absolute Gasteiger partial charge is 0.255 e. The number of nitrogens with one attached hydrogen (secondary N) is 1. The van der Waals surface area contributed by atoms with Crippen molar-refractivity contribution in [1.82, 2.24) is 10.3 Å². The van der Waals surface area contributed by atoms with E-state index < -0.39 is 0 Å². The number of rotatable bonds is 5. The lowest BCUT2D eigenvalue weighted by molar-refractivity contribution is -0.0987. The zero-order valence-electron chi connectivity index (χ0n) is 25.6. The van der Waals surface area contributed by atoms with Crippen LogP contribution in [0.3, 0.4) is 0 Å². The largest absolute Gasteiger partial charge is 0.455 e. The minimum absolute atomic E-state index is 0.296. The Hall–Kier alpha value is -5.28. The van der Waals surface area contributed by atoms with E-state index in [9.17, 15) is 9.18 Å². The third-order valence-corrected chi connectivity index (χ3v) is 6.85. The van der Waals surface area contributed by atoms with Gasteiger partial charge in [-0.1, -0.05) is 37.6 Å². The number of hydrogen-bond donors (Lipinski definition) is 1. The van der Waals surface area contributed by atoms with Gasteiger partial charge in [0.2, 0.25) is 5.89 Å². The van der Waals surface area contributed by atoms with Crippen LogP contribution in [0.5, 0.6) is 0 Å². The van der Waals surface area contributed by atoms with Crippen LogP contribution < -0.4 is 10.2 Å². The number of aromatic nitrogens is 1. The van der Waals surface area contributed by atoms with Crippen LogP contribution in [0.2, 0.25) is 5.02 Å². The molecule has 0 bridgehead atoms. The molecular formula is C35H33ClFN3O5. The van der Waals surface area contributed by atoms with E-state index in [0.717, 1.165) is 27.9 Å². The van der Waals surface area contributed by atoms with Gasteiger partial charge in [-0.3, -0.25) is 4.79 Å². The van der Waals surface area contributed by atoms with Gasteiger partial charge in [-0.05, 0) is 60.2 Å². The highest BCUT2D eigenvalue weighted by molar-refractivity contribution is 6.31. The van der Waals surface area contributed by atoms with Crippen molar-refractivity contribution < 1.29 is 27.6 Å². The van der Waals surface area contributed by atoms with Crippen LogP contribution in [0.1, 0.15) is 24.2 Å². The Morgan fingerprint density at radius 2 is 1.51 bits per heavy atom. The standard InChI is InChI=1S/C31H23ClFN3O3.C2H6.2CH2O/c1-34-30(37)28-23-15-22(25(36(2)3)16-26(23)38-29(28)17-7-10-21(33)11-8-17)18-5-4-6-19(13-18)31-35-24-12-9-20(32)14-27(24)39-31;3*1-2/h4-16H,1-3H3,(H,34,37);1-2H3;2*1H2. The molecule has 1 N–H and O–H groups in total. The summed E-state index contributed by atoms with van der Waals surface area (Å²) in [4.78, 5) is 35.7. The highest BCUT2D eigenvalue weighted by atomic mass is 35.5. The molecule has 2 aromatic heterocycles. The van der Waals surface area contributed by atoms with Crippen molar-refractivity contribution >= 4 is 58.8 Å². The monoisotopic (exact) mass is 629 g/mol. The van der Waals surface area contributed by atoms with Crippen LogP contribution in [0.15, 0.2) is 87.7 Å². The first kappa shape index (κ1) is 34.2. The van der Waals surface area contributed by atoms with Gasteiger partial charge >= 0.3 is 0 Å². The van der Waals surface area contributed by atoms with E-state index in [-0.39, 0.29) is 11.7 Å². The predicted octanol–water partition coefficient (Wildman–Crippen LogP) is 8.45. The highest BCUT2D eigenvalue weighted by Gasteiger charge is 2.24. The van der Waals surface area contributed by atoms with Crippen LogP contribution in [-0.4, -0.2) is 45.6 Å². The Morgan fingerprint density at radius 1 is 0.844 bits per heavy atom. The molecule has 232 valence electrons. The summed E-state index contributed by atoms with van der Waals surface area (Å²) in [6.07, 6.45) is 0. The number of carbonyl (C=O) groups is 3. The first-order chi connectivity index (χ1) is 21.8. The molecule has 45 heavy (non-hydrogen) atoms. The van der Waals surface area contributed by atoms with E-state index in [1.165, 1.54) is 12.1 Å². The van der Waals surface area contributed by atoms with Gasteiger partial charge in [0.05, 0.1) is 5.56 Å². The summed E-state index contributed by atoms with van der Waals surface area (Å²) in [6, 6.07) is 23.0. The number of fused-ring (bicyclic) bond motifs is 2. The number of nitrogens with zero attached hydrogens (tertiary/aromatic N) is 2. The van der Waals surface area contributed by atoms with Gasteiger partial charge in [0, 0.05) is 66.1 Å². The predicted molar refractivity (Wildman–Crippen MR) is 178 cm³/mol. The molecule has 8 nitrogen and oxygen atoms in total. The fourth-order valence-electron chi connectivity index (χ4n) is 4.73. The summed E-state index contributed by atoms with van der Waals surface area (Å²) < 4.78 is 25.8. The molecule has 0 spiro atoms. The summed E-state index contributed by atoms with van der Waals surface area (Å²) >= 11 is 6.12. The molecule has 0 radical (unpaired) electrons. The lowest BCUT2D eigenvalue weighted by Crippen LogP contribution is -2.18. The molecule has 0 atom stereocenters. The summed E-state index contributed by atoms with van der Waals surface area (Å²) in [5.41, 5.74) is 6.37. The van der Waals surface area contributed by atoms with Crippen LogP contribution in [0, 0.1) is 5.82 Å². The van der Waals surface area contributed by atoms with Crippen LogP contribution in [0.4, 0.5) is 10.1 Å². The van der Waals surface area contributed by atoms with Crippen molar-refractivity contribution in [3.05, 3.63) is 95.3 Å². The Balaban J connectivity index is 0.000000870. The maximum Gasteiger partial charge on any atom is 0.255 e. The summed E-state index contributed by atoms with van der Waals surface area (Å²) in [5.74, 6) is 0.200. The summed E-state index contributed by atoms with van der Waals surface area (Å²) in [6.45, 7) is 8.00. The van der Waals surface area contributed by atoms with Crippen molar-refractivity contribution in [2.75, 3.05) is 26.0 Å². The van der Waals surface area contributed by atoms with Gasteiger partial charge in [-0.15, -0.1) is 0 Å². The number of benzene rings is 4. The Labute approximate surface area is 265 Å². The Kier molecular flexibility index (Phi) is 11.7. The molecule has 1 amide bonds. The van der Waals surface area contributed by atoms with E-state index in [1.807, 2.05) is 88.9 Å². The topological polar surface area (TPSA) is 106 Å². The zero-order valence-corrected chi connectivity index (χ0v) is 26.4. The molecule has 0 saturated heterocycles. The quantitative estimate of drug-likeness (QED) is 0.204. The third-order valence-electron chi connectivity index (χ3n) is 6.62. The van der Waals surface area contributed by atoms with Crippen LogP contribution in [0.25, 0.3) is 56.0 Å². The molecule has 0 fully saturated rings. The number of amides is 1. The average Bonchev–Trinajstić information content (AvgIpc) is 3.68. The zero-order chi connectivity index (χ0) is 33.3. The lowest BCUT2D eigenvalue weighted by Gasteiger charge is -2.18. The second-order valence-electron chi connectivity index (χ2n) is 9.36. The van der Waals surface area contributed by atoms with Gasteiger partial charge in [0.1, 0.15) is 36.3 Å². The van der Waals surface area contributed by atoms with Crippen LogP contribution >= 0.6 is 11.6 Å². The Bertz CT molecular complexity index is 1910. The number of halogens is 2. The molecule has 0 aliphatic carbocycles. The molecule has 0 aliphatic rings. The number of hydrogen-bond acceptors (Lipinski definition) is 7. The van der Waals surface area contributed by atoms with Crippen molar-refractivity contribution in [3.63, 3.8) is 0 Å². The SMILES string of the molecule is C=O.C=O.CC.CNC(=O)c1c(-c2ccc(F)cc2)oc2cc(N(C)C)c(-c3cccc(-c4nc5ccc(Cl)cc5o4)c3)cc12. The lowest BCUT2D eigenvalue weighted by atomic mass is 9.97. The van der Waals surface area contributed by atoms with E-state index in [1.54, 1.807) is 31.3 Å². The minimum atomic E-state index is -0.365. The van der Waals surface area contributed by atoms with E-state index >= 15 is 0 Å². The fourth-order valence-corrected chi connectivity index (χ4v) is 4.89. The van der Waals surface area contributed by atoms with Crippen molar-refractivity contribution in [2.24, 2.45) is 0 Å². The average molecular weight is 630 g/mol. The molecule has 4 aromatic carbocycles. The molecule has 0 aliphatic heterocycles. The second-order valence-corrected chi connectivity index (χ2v) is 9.80. The summed E-state index contributed by atoms with van der Waals surface area (Å²) in [5, 5.41) is 3.94. The van der Waals surface area contributed by atoms with E-state index in [0.29, 0.717) is 44.4 Å². The maximum atomic E-state index is 13.6. The van der Waals surface area contributed by atoms with Crippen molar-refractivity contribution in [2.45, 2.75) is 13.8 Å². The number of anilines is 1. The van der Waals surface area contributed by atoms with Crippen molar-refractivity contribution in [1.29, 1.82) is 0 Å². The molecule has 6 rings (SSSR count). The number of oxazole rings is 1. The molecule has 6 aromatic rings. The third kappa shape index (κ3) is 7.11. The number of carbonyl (C=O) groups excluding carboxylic acids is 3. The Morgan fingerprint density at radius 3 is 2.16 bits per heavy atom. The first-order valence-corrected chi connectivity index (χ1v) is 14.2. The van der Waals surface area contributed by atoms with Crippen LogP contribution in [-0.2, 0) is 9.59 Å². The van der Waals surface area contributed by atoms with Crippen molar-refractivity contribution in [3.8, 4) is 33.9 Å². The molecule has 0 unspecified atom stereocenters. The molecule has 0 saturated carbocycles. The summed E-state index contributed by atoms with van der Waals surface area (Å²) in [7, 11) is 5.47. The van der Waals surface area contributed by atoms with Gasteiger partial charge in [-0.2, -0.15) is 0 Å². The molecular weight excluding hydrogens is 597 g/mol. The first-order valence-electron chi connectivity index (χ1n) is 13.8. The minimum Gasteiger partial charge on any atom is -0.455 e. The van der Waals surface area contributed by atoms with E-state index in [4.69, 9.17) is 30.0 Å². The van der Waals surface area contributed by atoms with Gasteiger partial charge in [0.25, 0.3) is 5.91 Å². The fraction of sp³-hybridized carbons (Fsp3) is 0.143. The highest BCUT2D eigenvalue weighted by Crippen LogP contribution is 2.41. The normalized spacial score (nSPS) is 10.1. The van der Waals surface area contributed by atoms with Gasteiger partial charge in [-0.25, -0.2) is 9.37 Å². The number of furan rings is 1. The second kappa shape index (κ2) is 15.4. The van der Waals surface area contributed by atoms with E-state index in [2.05, 4.69) is 10.3 Å². The molecule has 2 heterocycles.